The number of nitrogen functional groups attached to an aromatic ring is 1. The van der Waals surface area contributed by atoms with E-state index in [2.05, 4.69) is 4.72 Å². The number of ether oxygens (including phenoxy) is 1. The van der Waals surface area contributed by atoms with Crippen molar-refractivity contribution >= 4 is 15.7 Å². The van der Waals surface area contributed by atoms with Crippen molar-refractivity contribution in [2.75, 3.05) is 12.8 Å². The predicted octanol–water partition coefficient (Wildman–Crippen LogP) is 1.35. The van der Waals surface area contributed by atoms with Gasteiger partial charge < -0.3 is 10.5 Å². The third kappa shape index (κ3) is 3.61. The van der Waals surface area contributed by atoms with Gasteiger partial charge in [-0.2, -0.15) is 0 Å². The molecule has 0 unspecified atom stereocenters. The second kappa shape index (κ2) is 4.54. The van der Waals surface area contributed by atoms with Gasteiger partial charge in [0, 0.05) is 5.54 Å². The third-order valence-electron chi connectivity index (χ3n) is 1.95. The summed E-state index contributed by atoms with van der Waals surface area (Å²) in [6.07, 6.45) is 0. The highest BCUT2D eigenvalue weighted by Gasteiger charge is 2.22. The lowest BCUT2D eigenvalue weighted by Crippen LogP contribution is -2.40. The molecule has 1 aromatic carbocycles. The van der Waals surface area contributed by atoms with E-state index < -0.39 is 15.6 Å². The van der Waals surface area contributed by atoms with Crippen LogP contribution in [-0.2, 0) is 10.0 Å². The first-order valence-electron chi connectivity index (χ1n) is 5.13. The predicted molar refractivity (Wildman–Crippen MR) is 67.5 cm³/mol. The molecule has 0 atom stereocenters. The lowest BCUT2D eigenvalue weighted by atomic mass is 10.1. The van der Waals surface area contributed by atoms with Gasteiger partial charge in [-0.25, -0.2) is 13.1 Å². The minimum atomic E-state index is -3.55. The number of methoxy groups -OCH3 is 1. The van der Waals surface area contributed by atoms with E-state index in [1.807, 2.05) is 0 Å². The molecule has 0 aliphatic heterocycles. The average molecular weight is 258 g/mol. The van der Waals surface area contributed by atoms with E-state index >= 15 is 0 Å². The van der Waals surface area contributed by atoms with Crippen LogP contribution >= 0.6 is 0 Å². The molecule has 5 nitrogen and oxygen atoms in total. The largest absolute Gasteiger partial charge is 0.495 e. The molecule has 0 saturated carbocycles. The molecule has 0 aromatic heterocycles. The van der Waals surface area contributed by atoms with Gasteiger partial charge in [0.15, 0.2) is 0 Å². The van der Waals surface area contributed by atoms with Crippen LogP contribution in [0.5, 0.6) is 5.75 Å². The summed E-state index contributed by atoms with van der Waals surface area (Å²) in [6, 6.07) is 4.38. The smallest absolute Gasteiger partial charge is 0.241 e. The molecular formula is C11H18N2O3S. The fourth-order valence-electron chi connectivity index (χ4n) is 1.34. The van der Waals surface area contributed by atoms with Crippen LogP contribution in [0, 0.1) is 0 Å². The van der Waals surface area contributed by atoms with E-state index in [0.29, 0.717) is 11.4 Å². The number of nitrogens with one attached hydrogen (secondary N) is 1. The van der Waals surface area contributed by atoms with Crippen molar-refractivity contribution in [1.82, 2.24) is 4.72 Å². The van der Waals surface area contributed by atoms with Crippen molar-refractivity contribution in [2.24, 2.45) is 0 Å². The number of rotatable bonds is 3. The summed E-state index contributed by atoms with van der Waals surface area (Å²) in [7, 11) is -2.07. The molecule has 0 aliphatic carbocycles. The van der Waals surface area contributed by atoms with Gasteiger partial charge in [0.1, 0.15) is 5.75 Å². The van der Waals surface area contributed by atoms with Crippen molar-refractivity contribution in [3.05, 3.63) is 18.2 Å². The topological polar surface area (TPSA) is 81.4 Å². The lowest BCUT2D eigenvalue weighted by molar-refractivity contribution is 0.416. The van der Waals surface area contributed by atoms with Crippen molar-refractivity contribution in [3.8, 4) is 5.75 Å². The van der Waals surface area contributed by atoms with Gasteiger partial charge in [-0.15, -0.1) is 0 Å². The normalized spacial score (nSPS) is 12.5. The minimum absolute atomic E-state index is 0.130. The minimum Gasteiger partial charge on any atom is -0.495 e. The van der Waals surface area contributed by atoms with E-state index in [1.54, 1.807) is 20.8 Å². The lowest BCUT2D eigenvalue weighted by Gasteiger charge is -2.20. The average Bonchev–Trinajstić information content (AvgIpc) is 2.13. The molecule has 0 spiro atoms. The summed E-state index contributed by atoms with van der Waals surface area (Å²) in [4.78, 5) is 0.130. The summed E-state index contributed by atoms with van der Waals surface area (Å²) in [5.74, 6) is 0.458. The Labute approximate surface area is 102 Å². The van der Waals surface area contributed by atoms with Crippen LogP contribution in [0.1, 0.15) is 20.8 Å². The molecule has 1 rings (SSSR count). The molecule has 6 heteroatoms. The Morgan fingerprint density at radius 2 is 1.88 bits per heavy atom. The van der Waals surface area contributed by atoms with Crippen LogP contribution in [0.25, 0.3) is 0 Å². The zero-order chi connectivity index (χ0) is 13.3. The molecule has 0 aliphatic rings. The number of anilines is 1. The Morgan fingerprint density at radius 3 is 2.29 bits per heavy atom. The second-order valence-corrected chi connectivity index (χ2v) is 6.44. The molecular weight excluding hydrogens is 240 g/mol. The molecule has 0 amide bonds. The van der Waals surface area contributed by atoms with Gasteiger partial charge in [0.05, 0.1) is 17.7 Å². The van der Waals surface area contributed by atoms with Crippen molar-refractivity contribution < 1.29 is 13.2 Å². The molecule has 0 bridgehead atoms. The number of nitrogens with two attached hydrogens (primary N) is 1. The summed E-state index contributed by atoms with van der Waals surface area (Å²) >= 11 is 0. The van der Waals surface area contributed by atoms with Crippen LogP contribution in [0.3, 0.4) is 0 Å². The summed E-state index contributed by atoms with van der Waals surface area (Å²) in [6.45, 7) is 5.33. The molecule has 0 fully saturated rings. The van der Waals surface area contributed by atoms with E-state index in [1.165, 1.54) is 25.3 Å². The number of sulfonamides is 1. The Hall–Kier alpha value is -1.27. The van der Waals surface area contributed by atoms with Crippen LogP contribution in [0.15, 0.2) is 23.1 Å². The quantitative estimate of drug-likeness (QED) is 0.802. The first-order chi connectivity index (χ1) is 7.65. The van der Waals surface area contributed by atoms with Gasteiger partial charge in [-0.1, -0.05) is 0 Å². The van der Waals surface area contributed by atoms with Gasteiger partial charge in [0.25, 0.3) is 0 Å². The number of hydrogen-bond donors (Lipinski definition) is 2. The molecule has 0 saturated heterocycles. The first-order valence-corrected chi connectivity index (χ1v) is 6.61. The van der Waals surface area contributed by atoms with E-state index in [0.717, 1.165) is 0 Å². The maximum Gasteiger partial charge on any atom is 0.241 e. The first kappa shape index (κ1) is 13.8. The molecule has 0 radical (unpaired) electrons. The molecule has 17 heavy (non-hydrogen) atoms. The summed E-state index contributed by atoms with van der Waals surface area (Å²) in [5.41, 5.74) is 5.44. The van der Waals surface area contributed by atoms with Crippen LogP contribution < -0.4 is 15.2 Å². The van der Waals surface area contributed by atoms with Crippen LogP contribution in [0.2, 0.25) is 0 Å². The summed E-state index contributed by atoms with van der Waals surface area (Å²) in [5, 5.41) is 0. The van der Waals surface area contributed by atoms with Gasteiger partial charge in [-0.3, -0.25) is 0 Å². The highest BCUT2D eigenvalue weighted by molar-refractivity contribution is 7.89. The number of hydrogen-bond acceptors (Lipinski definition) is 4. The molecule has 96 valence electrons. The maximum atomic E-state index is 12.0. The van der Waals surface area contributed by atoms with Gasteiger partial charge >= 0.3 is 0 Å². The SMILES string of the molecule is COc1ccc(S(=O)(=O)NC(C)(C)C)cc1N. The van der Waals surface area contributed by atoms with Crippen molar-refractivity contribution in [3.63, 3.8) is 0 Å². The second-order valence-electron chi connectivity index (χ2n) is 4.76. The fraction of sp³-hybridized carbons (Fsp3) is 0.455. The molecule has 1 aromatic rings. The maximum absolute atomic E-state index is 12.0. The Bertz CT molecular complexity index is 504. The number of benzene rings is 1. The highest BCUT2D eigenvalue weighted by Crippen LogP contribution is 2.24. The Kier molecular flexibility index (Phi) is 3.68. The van der Waals surface area contributed by atoms with Gasteiger partial charge in [-0.05, 0) is 39.0 Å². The van der Waals surface area contributed by atoms with E-state index in [4.69, 9.17) is 10.5 Å². The Balaban J connectivity index is 3.13. The van der Waals surface area contributed by atoms with Crippen LogP contribution in [0.4, 0.5) is 5.69 Å². The van der Waals surface area contributed by atoms with E-state index in [-0.39, 0.29) is 4.90 Å². The third-order valence-corrected chi connectivity index (χ3v) is 3.71. The van der Waals surface area contributed by atoms with Gasteiger partial charge in [0.2, 0.25) is 10.0 Å². The zero-order valence-corrected chi connectivity index (χ0v) is 11.3. The van der Waals surface area contributed by atoms with Crippen molar-refractivity contribution in [1.29, 1.82) is 0 Å². The molecule has 3 N–H and O–H groups in total. The zero-order valence-electron chi connectivity index (χ0n) is 10.4. The fourth-order valence-corrected chi connectivity index (χ4v) is 2.79. The highest BCUT2D eigenvalue weighted by atomic mass is 32.2. The Morgan fingerprint density at radius 1 is 1.29 bits per heavy atom. The summed E-state index contributed by atoms with van der Waals surface area (Å²) < 4.78 is 31.5. The standard InChI is InChI=1S/C11H18N2O3S/c1-11(2,3)13-17(14,15)8-5-6-10(16-4)9(12)7-8/h5-7,13H,12H2,1-4H3. The van der Waals surface area contributed by atoms with Crippen molar-refractivity contribution in [2.45, 2.75) is 31.2 Å². The van der Waals surface area contributed by atoms with Crippen LogP contribution in [-0.4, -0.2) is 21.1 Å². The monoisotopic (exact) mass is 258 g/mol. The molecule has 0 heterocycles. The van der Waals surface area contributed by atoms with E-state index in [9.17, 15) is 8.42 Å².